The molecule has 0 aromatic carbocycles. The lowest BCUT2D eigenvalue weighted by molar-refractivity contribution is -0.153. The van der Waals surface area contributed by atoms with E-state index in [1.807, 2.05) is 7.05 Å². The maximum absolute atomic E-state index is 11.2. The maximum Gasteiger partial charge on any atom is 0.309 e. The number of piperidine rings is 1. The second kappa shape index (κ2) is 4.75. The van der Waals surface area contributed by atoms with E-state index in [1.54, 1.807) is 7.11 Å². The standard InChI is InChI=1S/C10H19NO3/c1-11-6-3-10(4-7-11,9(12)13)5-8-14-2/h3-8H2,1-2H3,(H,12,13). The Morgan fingerprint density at radius 1 is 1.50 bits per heavy atom. The number of ether oxygens (including phenoxy) is 1. The van der Waals surface area contributed by atoms with Gasteiger partial charge in [0.15, 0.2) is 0 Å². The molecular weight excluding hydrogens is 182 g/mol. The molecule has 14 heavy (non-hydrogen) atoms. The van der Waals surface area contributed by atoms with E-state index in [4.69, 9.17) is 4.74 Å². The number of carboxylic acid groups (broad SMARTS) is 1. The number of nitrogens with zero attached hydrogens (tertiary/aromatic N) is 1. The van der Waals surface area contributed by atoms with Crippen molar-refractivity contribution in [2.75, 3.05) is 33.9 Å². The highest BCUT2D eigenvalue weighted by Crippen LogP contribution is 2.34. The van der Waals surface area contributed by atoms with Crippen LogP contribution in [0.15, 0.2) is 0 Å². The molecule has 1 N–H and O–H groups in total. The first-order chi connectivity index (χ1) is 6.60. The molecular formula is C10H19NO3. The highest BCUT2D eigenvalue weighted by molar-refractivity contribution is 5.74. The summed E-state index contributed by atoms with van der Waals surface area (Å²) >= 11 is 0. The zero-order valence-electron chi connectivity index (χ0n) is 8.95. The lowest BCUT2D eigenvalue weighted by atomic mass is 9.76. The average Bonchev–Trinajstić information content (AvgIpc) is 2.17. The number of likely N-dealkylation sites (tertiary alicyclic amines) is 1. The minimum absolute atomic E-state index is 0.538. The molecule has 0 atom stereocenters. The van der Waals surface area contributed by atoms with Crippen LogP contribution in [-0.4, -0.2) is 49.8 Å². The Hall–Kier alpha value is -0.610. The van der Waals surface area contributed by atoms with Crippen molar-refractivity contribution >= 4 is 5.97 Å². The average molecular weight is 201 g/mol. The SMILES string of the molecule is COCCC1(C(=O)O)CCN(C)CC1. The third kappa shape index (κ3) is 2.45. The van der Waals surface area contributed by atoms with Crippen molar-refractivity contribution in [3.05, 3.63) is 0 Å². The van der Waals surface area contributed by atoms with Gasteiger partial charge in [0.25, 0.3) is 0 Å². The first-order valence-electron chi connectivity index (χ1n) is 5.01. The first-order valence-corrected chi connectivity index (χ1v) is 5.01. The van der Waals surface area contributed by atoms with Crippen LogP contribution in [0.4, 0.5) is 0 Å². The summed E-state index contributed by atoms with van der Waals surface area (Å²) in [7, 11) is 3.65. The number of hydrogen-bond donors (Lipinski definition) is 1. The lowest BCUT2D eigenvalue weighted by Crippen LogP contribution is -2.43. The topological polar surface area (TPSA) is 49.8 Å². The van der Waals surface area contributed by atoms with Crippen molar-refractivity contribution in [2.24, 2.45) is 5.41 Å². The van der Waals surface area contributed by atoms with E-state index in [0.717, 1.165) is 25.9 Å². The van der Waals surface area contributed by atoms with Gasteiger partial charge in [0.2, 0.25) is 0 Å². The smallest absolute Gasteiger partial charge is 0.309 e. The number of hydrogen-bond acceptors (Lipinski definition) is 3. The molecule has 1 aliphatic rings. The van der Waals surface area contributed by atoms with E-state index < -0.39 is 11.4 Å². The van der Waals surface area contributed by atoms with Crippen LogP contribution in [0.5, 0.6) is 0 Å². The van der Waals surface area contributed by atoms with Gasteiger partial charge in [0, 0.05) is 13.7 Å². The number of aliphatic carboxylic acids is 1. The number of carbonyl (C=O) groups is 1. The van der Waals surface area contributed by atoms with Crippen molar-refractivity contribution in [1.29, 1.82) is 0 Å². The van der Waals surface area contributed by atoms with E-state index in [9.17, 15) is 9.90 Å². The van der Waals surface area contributed by atoms with Gasteiger partial charge in [-0.15, -0.1) is 0 Å². The molecule has 0 aliphatic carbocycles. The molecule has 1 saturated heterocycles. The van der Waals surface area contributed by atoms with Crippen LogP contribution in [0, 0.1) is 5.41 Å². The Labute approximate surface area is 84.8 Å². The van der Waals surface area contributed by atoms with Crippen molar-refractivity contribution in [1.82, 2.24) is 4.90 Å². The summed E-state index contributed by atoms with van der Waals surface area (Å²) in [6.07, 6.45) is 2.11. The zero-order valence-corrected chi connectivity index (χ0v) is 8.95. The molecule has 4 heteroatoms. The first kappa shape index (κ1) is 11.5. The molecule has 1 fully saturated rings. The molecule has 0 bridgehead atoms. The summed E-state index contributed by atoms with van der Waals surface area (Å²) in [5.74, 6) is -0.664. The van der Waals surface area contributed by atoms with Crippen LogP contribution in [0.2, 0.25) is 0 Å². The maximum atomic E-state index is 11.2. The molecule has 0 aromatic rings. The van der Waals surface area contributed by atoms with Crippen LogP contribution in [0.25, 0.3) is 0 Å². The number of rotatable bonds is 4. The van der Waals surface area contributed by atoms with Crippen molar-refractivity contribution < 1.29 is 14.6 Å². The molecule has 0 spiro atoms. The lowest BCUT2D eigenvalue weighted by Gasteiger charge is -2.37. The van der Waals surface area contributed by atoms with Gasteiger partial charge < -0.3 is 14.7 Å². The van der Waals surface area contributed by atoms with E-state index >= 15 is 0 Å². The Morgan fingerprint density at radius 2 is 2.07 bits per heavy atom. The van der Waals surface area contributed by atoms with E-state index in [-0.39, 0.29) is 0 Å². The Morgan fingerprint density at radius 3 is 2.50 bits per heavy atom. The van der Waals surface area contributed by atoms with Gasteiger partial charge in [-0.1, -0.05) is 0 Å². The minimum atomic E-state index is -0.664. The Balaban J connectivity index is 2.58. The summed E-state index contributed by atoms with van der Waals surface area (Å²) in [4.78, 5) is 13.4. The highest BCUT2D eigenvalue weighted by Gasteiger charge is 2.40. The van der Waals surface area contributed by atoms with E-state index in [1.165, 1.54) is 0 Å². The second-order valence-electron chi connectivity index (χ2n) is 4.13. The highest BCUT2D eigenvalue weighted by atomic mass is 16.5. The molecule has 0 saturated carbocycles. The number of methoxy groups -OCH3 is 1. The molecule has 1 aliphatic heterocycles. The molecule has 1 rings (SSSR count). The molecule has 0 aromatic heterocycles. The normalized spacial score (nSPS) is 22.1. The molecule has 1 heterocycles. The van der Waals surface area contributed by atoms with Gasteiger partial charge in [-0.25, -0.2) is 0 Å². The van der Waals surface area contributed by atoms with E-state index in [2.05, 4.69) is 4.90 Å². The third-order valence-corrected chi connectivity index (χ3v) is 3.18. The molecule has 0 amide bonds. The van der Waals surface area contributed by atoms with Gasteiger partial charge in [-0.05, 0) is 39.4 Å². The summed E-state index contributed by atoms with van der Waals surface area (Å²) in [6.45, 7) is 2.28. The van der Waals surface area contributed by atoms with Gasteiger partial charge in [0.1, 0.15) is 0 Å². The molecule has 4 nitrogen and oxygen atoms in total. The van der Waals surface area contributed by atoms with Crippen molar-refractivity contribution in [2.45, 2.75) is 19.3 Å². The summed E-state index contributed by atoms with van der Waals surface area (Å²) in [6, 6.07) is 0. The fourth-order valence-corrected chi connectivity index (χ4v) is 1.91. The fraction of sp³-hybridized carbons (Fsp3) is 0.900. The summed E-state index contributed by atoms with van der Waals surface area (Å²) in [5.41, 5.74) is -0.539. The molecule has 0 radical (unpaired) electrons. The van der Waals surface area contributed by atoms with Crippen molar-refractivity contribution in [3.63, 3.8) is 0 Å². The predicted molar refractivity (Wildman–Crippen MR) is 53.3 cm³/mol. The molecule has 0 unspecified atom stereocenters. The van der Waals surface area contributed by atoms with Crippen molar-refractivity contribution in [3.8, 4) is 0 Å². The quantitative estimate of drug-likeness (QED) is 0.731. The largest absolute Gasteiger partial charge is 0.481 e. The van der Waals surface area contributed by atoms with Crippen LogP contribution in [-0.2, 0) is 9.53 Å². The molecule has 82 valence electrons. The van der Waals surface area contributed by atoms with E-state index in [0.29, 0.717) is 13.0 Å². The van der Waals surface area contributed by atoms with Gasteiger partial charge >= 0.3 is 5.97 Å². The van der Waals surface area contributed by atoms with Gasteiger partial charge in [-0.3, -0.25) is 4.79 Å². The predicted octanol–water partition coefficient (Wildman–Crippen LogP) is 0.820. The third-order valence-electron chi connectivity index (χ3n) is 3.18. The fourth-order valence-electron chi connectivity index (χ4n) is 1.91. The Kier molecular flexibility index (Phi) is 3.89. The monoisotopic (exact) mass is 201 g/mol. The summed E-state index contributed by atoms with van der Waals surface area (Å²) in [5, 5.41) is 9.23. The van der Waals surface area contributed by atoms with Crippen LogP contribution in [0.1, 0.15) is 19.3 Å². The minimum Gasteiger partial charge on any atom is -0.481 e. The van der Waals surface area contributed by atoms with Crippen LogP contribution < -0.4 is 0 Å². The zero-order chi connectivity index (χ0) is 10.6. The Bertz CT molecular complexity index is 192. The van der Waals surface area contributed by atoms with Crippen LogP contribution in [0.3, 0.4) is 0 Å². The van der Waals surface area contributed by atoms with Gasteiger partial charge in [0.05, 0.1) is 5.41 Å². The number of carboxylic acids is 1. The second-order valence-corrected chi connectivity index (χ2v) is 4.13. The van der Waals surface area contributed by atoms with Crippen LogP contribution >= 0.6 is 0 Å². The van der Waals surface area contributed by atoms with Gasteiger partial charge in [-0.2, -0.15) is 0 Å². The summed E-state index contributed by atoms with van der Waals surface area (Å²) < 4.78 is 4.97.